The summed E-state index contributed by atoms with van der Waals surface area (Å²) in [5.74, 6) is -1.04. The minimum absolute atomic E-state index is 0.104. The third-order valence-electron chi connectivity index (χ3n) is 7.46. The van der Waals surface area contributed by atoms with Gasteiger partial charge in [0.05, 0.1) is 36.3 Å². The average molecular weight is 625 g/mol. The fraction of sp³-hybridized carbons (Fsp3) is 0.300. The van der Waals surface area contributed by atoms with Gasteiger partial charge < -0.3 is 30.7 Å². The maximum Gasteiger partial charge on any atom is 0.421 e. The van der Waals surface area contributed by atoms with Crippen molar-refractivity contribution in [2.24, 2.45) is 0 Å². The monoisotopic (exact) mass is 624 g/mol. The number of halogens is 3. The number of benzene rings is 2. The van der Waals surface area contributed by atoms with Crippen LogP contribution >= 0.6 is 0 Å². The Labute approximate surface area is 256 Å². The van der Waals surface area contributed by atoms with Crippen LogP contribution in [0.25, 0.3) is 11.1 Å². The number of amides is 2. The van der Waals surface area contributed by atoms with Gasteiger partial charge in [-0.2, -0.15) is 23.3 Å². The van der Waals surface area contributed by atoms with Crippen molar-refractivity contribution in [3.05, 3.63) is 72.2 Å². The molecule has 0 spiro atoms. The Bertz CT molecular complexity index is 1690. The summed E-state index contributed by atoms with van der Waals surface area (Å²) in [6.45, 7) is 0.578. The minimum atomic E-state index is -4.76. The molecule has 4 N–H and O–H groups in total. The number of carbonyl (C=O) groups is 2. The molecule has 236 valence electrons. The SMILES string of the molecule is CNC(=O)c1ccccc1Nc1nc(Nc2ccc(-c3cnn(C4CCN(C(=O)CO)CC4)c3)cc2OC)ncc1C(F)(F)F. The fourth-order valence-corrected chi connectivity index (χ4v) is 5.06. The maximum absolute atomic E-state index is 13.9. The van der Waals surface area contributed by atoms with E-state index in [0.717, 1.165) is 11.1 Å². The zero-order chi connectivity index (χ0) is 32.1. The molecule has 1 aliphatic rings. The van der Waals surface area contributed by atoms with Crippen LogP contribution in [0.2, 0.25) is 0 Å². The van der Waals surface area contributed by atoms with Crippen molar-refractivity contribution in [1.29, 1.82) is 0 Å². The lowest BCUT2D eigenvalue weighted by molar-refractivity contribution is -0.137. The van der Waals surface area contributed by atoms with Gasteiger partial charge in [-0.15, -0.1) is 0 Å². The number of likely N-dealkylation sites (tertiary alicyclic amines) is 1. The number of rotatable bonds is 9. The van der Waals surface area contributed by atoms with Gasteiger partial charge in [-0.25, -0.2) is 4.98 Å². The first kappa shape index (κ1) is 31.3. The summed E-state index contributed by atoms with van der Waals surface area (Å²) in [6, 6.07) is 11.5. The van der Waals surface area contributed by atoms with Crippen LogP contribution in [0, 0.1) is 0 Å². The molecule has 2 amide bonds. The second-order valence-corrected chi connectivity index (χ2v) is 10.2. The zero-order valence-electron chi connectivity index (χ0n) is 24.4. The molecule has 1 aliphatic heterocycles. The topological polar surface area (TPSA) is 147 Å². The van der Waals surface area contributed by atoms with Gasteiger partial charge >= 0.3 is 6.18 Å². The number of aromatic nitrogens is 4. The summed E-state index contributed by atoms with van der Waals surface area (Å²) in [5, 5.41) is 21.6. The zero-order valence-corrected chi connectivity index (χ0v) is 24.4. The predicted molar refractivity (Wildman–Crippen MR) is 160 cm³/mol. The largest absolute Gasteiger partial charge is 0.495 e. The molecule has 45 heavy (non-hydrogen) atoms. The van der Waals surface area contributed by atoms with E-state index in [1.165, 1.54) is 26.3 Å². The quantitative estimate of drug-likeness (QED) is 0.213. The van der Waals surface area contributed by atoms with E-state index in [-0.39, 0.29) is 29.1 Å². The molecule has 1 saturated heterocycles. The van der Waals surface area contributed by atoms with Crippen LogP contribution in [0.3, 0.4) is 0 Å². The van der Waals surface area contributed by atoms with Crippen molar-refractivity contribution in [1.82, 2.24) is 30.0 Å². The van der Waals surface area contributed by atoms with Crippen LogP contribution in [-0.4, -0.2) is 75.4 Å². The predicted octanol–water partition coefficient (Wildman–Crippen LogP) is 4.37. The third-order valence-corrected chi connectivity index (χ3v) is 7.46. The Morgan fingerprint density at radius 3 is 2.49 bits per heavy atom. The van der Waals surface area contributed by atoms with E-state index in [2.05, 4.69) is 31.0 Å². The molecule has 0 aliphatic carbocycles. The molecule has 0 unspecified atom stereocenters. The average Bonchev–Trinajstić information content (AvgIpc) is 3.54. The number of aliphatic hydroxyl groups is 1. The van der Waals surface area contributed by atoms with Gasteiger partial charge in [-0.05, 0) is 42.7 Å². The number of ether oxygens (including phenoxy) is 1. The number of hydrogen-bond acceptors (Lipinski definition) is 9. The standard InChI is InChI=1S/C30H31F3N8O4/c1-34-28(44)21-5-3-4-6-23(21)37-27-22(30(31,32)33)15-35-29(39-27)38-24-8-7-18(13-25(24)45-2)19-14-36-41(16-19)20-9-11-40(12-10-20)26(43)17-42/h3-8,13-16,20,42H,9-12,17H2,1-2H3,(H,34,44)(H2,35,37,38,39). The normalized spacial score (nSPS) is 13.8. The molecule has 15 heteroatoms. The van der Waals surface area contributed by atoms with Crippen molar-refractivity contribution >= 4 is 35.0 Å². The number of piperidine rings is 1. The summed E-state index contributed by atoms with van der Waals surface area (Å²) in [6.07, 6.45) is 0.950. The number of alkyl halides is 3. The Morgan fingerprint density at radius 2 is 1.80 bits per heavy atom. The molecule has 2 aromatic heterocycles. The molecule has 2 aromatic carbocycles. The lowest BCUT2D eigenvalue weighted by Gasteiger charge is -2.31. The van der Waals surface area contributed by atoms with E-state index in [0.29, 0.717) is 43.6 Å². The first-order valence-electron chi connectivity index (χ1n) is 14.0. The third kappa shape index (κ3) is 6.98. The molecule has 12 nitrogen and oxygen atoms in total. The lowest BCUT2D eigenvalue weighted by Crippen LogP contribution is -2.40. The van der Waals surface area contributed by atoms with Gasteiger partial charge in [0.1, 0.15) is 23.7 Å². The number of para-hydroxylation sites is 1. The van der Waals surface area contributed by atoms with Crippen LogP contribution < -0.4 is 20.7 Å². The Kier molecular flexibility index (Phi) is 9.18. The van der Waals surface area contributed by atoms with E-state index in [9.17, 15) is 22.8 Å². The van der Waals surface area contributed by atoms with Crippen molar-refractivity contribution in [2.75, 3.05) is 44.5 Å². The smallest absolute Gasteiger partial charge is 0.421 e. The second-order valence-electron chi connectivity index (χ2n) is 10.2. The maximum atomic E-state index is 13.9. The number of aliphatic hydroxyl groups excluding tert-OH is 1. The highest BCUT2D eigenvalue weighted by Gasteiger charge is 2.36. The summed E-state index contributed by atoms with van der Waals surface area (Å²) in [4.78, 5) is 33.7. The van der Waals surface area contributed by atoms with E-state index in [4.69, 9.17) is 9.84 Å². The van der Waals surface area contributed by atoms with Gasteiger partial charge in [-0.1, -0.05) is 18.2 Å². The molecule has 0 radical (unpaired) electrons. The van der Waals surface area contributed by atoms with Crippen LogP contribution in [0.1, 0.15) is 34.8 Å². The van der Waals surface area contributed by atoms with Gasteiger partial charge in [0, 0.05) is 38.1 Å². The molecule has 0 atom stereocenters. The Hall–Kier alpha value is -5.18. The van der Waals surface area contributed by atoms with Crippen molar-refractivity contribution in [3.63, 3.8) is 0 Å². The number of carbonyl (C=O) groups excluding carboxylic acids is 2. The molecule has 4 aromatic rings. The first-order valence-corrected chi connectivity index (χ1v) is 14.0. The fourth-order valence-electron chi connectivity index (χ4n) is 5.06. The van der Waals surface area contributed by atoms with Crippen molar-refractivity contribution in [3.8, 4) is 16.9 Å². The lowest BCUT2D eigenvalue weighted by atomic mass is 10.0. The second kappa shape index (κ2) is 13.2. The van der Waals surface area contributed by atoms with Crippen LogP contribution in [0.5, 0.6) is 5.75 Å². The highest BCUT2D eigenvalue weighted by molar-refractivity contribution is 6.00. The highest BCUT2D eigenvalue weighted by atomic mass is 19.4. The van der Waals surface area contributed by atoms with E-state index >= 15 is 0 Å². The number of anilines is 4. The molecular formula is C30H31F3N8O4. The summed E-state index contributed by atoms with van der Waals surface area (Å²) in [7, 11) is 2.89. The summed E-state index contributed by atoms with van der Waals surface area (Å²) >= 11 is 0. The van der Waals surface area contributed by atoms with Crippen LogP contribution in [0.4, 0.5) is 36.3 Å². The number of hydrogen-bond donors (Lipinski definition) is 4. The van der Waals surface area contributed by atoms with Gasteiger partial charge in [0.25, 0.3) is 5.91 Å². The molecule has 0 bridgehead atoms. The first-order chi connectivity index (χ1) is 21.6. The van der Waals surface area contributed by atoms with Gasteiger partial charge in [0.2, 0.25) is 11.9 Å². The Balaban J connectivity index is 1.36. The summed E-state index contributed by atoms with van der Waals surface area (Å²) in [5.41, 5.74) is 1.19. The number of nitrogens with zero attached hydrogens (tertiary/aromatic N) is 5. The van der Waals surface area contributed by atoms with E-state index in [1.807, 2.05) is 10.9 Å². The van der Waals surface area contributed by atoms with Crippen LogP contribution in [0.15, 0.2) is 61.1 Å². The van der Waals surface area contributed by atoms with E-state index < -0.39 is 30.1 Å². The van der Waals surface area contributed by atoms with Crippen LogP contribution in [-0.2, 0) is 11.0 Å². The van der Waals surface area contributed by atoms with Crippen molar-refractivity contribution in [2.45, 2.75) is 25.1 Å². The molecule has 0 saturated carbocycles. The Morgan fingerprint density at radius 1 is 1.04 bits per heavy atom. The van der Waals surface area contributed by atoms with E-state index in [1.54, 1.807) is 41.4 Å². The van der Waals surface area contributed by atoms with Crippen molar-refractivity contribution < 1.29 is 32.6 Å². The highest BCUT2D eigenvalue weighted by Crippen LogP contribution is 2.37. The molecule has 3 heterocycles. The molecular weight excluding hydrogens is 593 g/mol. The molecule has 5 rings (SSSR count). The van der Waals surface area contributed by atoms with Gasteiger partial charge in [-0.3, -0.25) is 14.3 Å². The molecule has 1 fully saturated rings. The summed E-state index contributed by atoms with van der Waals surface area (Å²) < 4.78 is 49.0. The minimum Gasteiger partial charge on any atom is -0.495 e. The number of methoxy groups -OCH3 is 1. The number of nitrogens with one attached hydrogen (secondary N) is 3. The van der Waals surface area contributed by atoms with Gasteiger partial charge in [0.15, 0.2) is 0 Å².